The fourth-order valence-corrected chi connectivity index (χ4v) is 4.13. The third-order valence-electron chi connectivity index (χ3n) is 4.79. The van der Waals surface area contributed by atoms with Crippen LogP contribution in [-0.4, -0.2) is 43.6 Å². The normalized spacial score (nSPS) is 13.5. The summed E-state index contributed by atoms with van der Waals surface area (Å²) in [4.78, 5) is 18.8. The van der Waals surface area contributed by atoms with Gasteiger partial charge in [-0.25, -0.2) is 4.79 Å². The van der Waals surface area contributed by atoms with Crippen LogP contribution in [0.1, 0.15) is 30.5 Å². The molecule has 0 atom stereocenters. The van der Waals surface area contributed by atoms with E-state index < -0.39 is 0 Å². The number of methoxy groups -OCH3 is 1. The molecule has 0 spiro atoms. The molecule has 0 aromatic heterocycles. The van der Waals surface area contributed by atoms with Crippen molar-refractivity contribution in [1.29, 1.82) is 0 Å². The van der Waals surface area contributed by atoms with E-state index in [0.717, 1.165) is 33.3 Å². The van der Waals surface area contributed by atoms with Crippen LogP contribution in [0.15, 0.2) is 45.9 Å². The monoisotopic (exact) mass is 492 g/mol. The minimum absolute atomic E-state index is 0.279. The molecule has 0 saturated heterocycles. The lowest BCUT2D eigenvalue weighted by Crippen LogP contribution is -2.36. The van der Waals surface area contributed by atoms with E-state index in [9.17, 15) is 4.79 Å². The summed E-state index contributed by atoms with van der Waals surface area (Å²) >= 11 is 10.1. The number of carbonyl (C=O) groups is 1. The van der Waals surface area contributed by atoms with E-state index in [-0.39, 0.29) is 12.0 Å². The van der Waals surface area contributed by atoms with Gasteiger partial charge in [-0.1, -0.05) is 53.5 Å². The van der Waals surface area contributed by atoms with Crippen molar-refractivity contribution < 1.29 is 14.3 Å². The Hall–Kier alpha value is -2.05. The summed E-state index contributed by atoms with van der Waals surface area (Å²) in [6.07, 6.45) is 1.13. The highest BCUT2D eigenvalue weighted by atomic mass is 79.9. The van der Waals surface area contributed by atoms with Gasteiger partial charge in [0, 0.05) is 15.1 Å². The third-order valence-corrected chi connectivity index (χ3v) is 5.60. The molecule has 0 radical (unpaired) electrons. The third kappa shape index (κ3) is 5.55. The average molecular weight is 494 g/mol. The fraction of sp³-hybridized carbons (Fsp3) is 0.391. The summed E-state index contributed by atoms with van der Waals surface area (Å²) in [5.74, 6) is 1.71. The van der Waals surface area contributed by atoms with Gasteiger partial charge in [0.25, 0.3) is 0 Å². The second-order valence-electron chi connectivity index (χ2n) is 7.59. The maximum Gasteiger partial charge on any atom is 0.415 e. The van der Waals surface area contributed by atoms with Gasteiger partial charge in [-0.15, -0.1) is 0 Å². The van der Waals surface area contributed by atoms with Gasteiger partial charge in [-0.3, -0.25) is 9.89 Å². The van der Waals surface area contributed by atoms with E-state index in [0.29, 0.717) is 37.0 Å². The van der Waals surface area contributed by atoms with Crippen LogP contribution in [0.5, 0.6) is 5.75 Å². The molecule has 5 nitrogen and oxygen atoms in total. The quantitative estimate of drug-likeness (QED) is 0.493. The molecule has 1 aliphatic rings. The Kier molecular flexibility index (Phi) is 7.78. The van der Waals surface area contributed by atoms with Crippen molar-refractivity contribution in [2.45, 2.75) is 26.7 Å². The highest BCUT2D eigenvalue weighted by Gasteiger charge is 2.28. The van der Waals surface area contributed by atoms with Crippen LogP contribution >= 0.6 is 27.5 Å². The summed E-state index contributed by atoms with van der Waals surface area (Å²) < 4.78 is 11.8. The molecule has 0 saturated carbocycles. The van der Waals surface area contributed by atoms with Crippen molar-refractivity contribution in [2.75, 3.05) is 26.8 Å². The highest BCUT2D eigenvalue weighted by molar-refractivity contribution is 9.10. The number of rotatable bonds is 7. The molecule has 30 heavy (non-hydrogen) atoms. The molecule has 160 valence electrons. The van der Waals surface area contributed by atoms with Gasteiger partial charge in [0.15, 0.2) is 0 Å². The first-order valence-corrected chi connectivity index (χ1v) is 11.2. The predicted octanol–water partition coefficient (Wildman–Crippen LogP) is 5.75. The zero-order valence-electron chi connectivity index (χ0n) is 17.5. The Bertz CT molecular complexity index is 946. The predicted molar refractivity (Wildman–Crippen MR) is 124 cm³/mol. The van der Waals surface area contributed by atoms with Crippen LogP contribution in [-0.2, 0) is 17.6 Å². The van der Waals surface area contributed by atoms with E-state index in [1.807, 2.05) is 44.2 Å². The maximum absolute atomic E-state index is 12.6. The second kappa shape index (κ2) is 10.3. The molecule has 0 N–H and O–H groups in total. The van der Waals surface area contributed by atoms with Gasteiger partial charge in [-0.2, -0.15) is 0 Å². The van der Waals surface area contributed by atoms with E-state index in [1.165, 1.54) is 0 Å². The second-order valence-corrected chi connectivity index (χ2v) is 8.92. The molecule has 0 bridgehead atoms. The van der Waals surface area contributed by atoms with Crippen LogP contribution < -0.4 is 4.74 Å². The van der Waals surface area contributed by atoms with E-state index in [1.54, 1.807) is 12.0 Å². The van der Waals surface area contributed by atoms with Crippen LogP contribution in [0.4, 0.5) is 4.79 Å². The standard InChI is InChI=1S/C23H26BrClN2O3/c1-15(2)14-30-23(28)27-10-9-26-22(27)20-5-4-6-21(25)19(20)8-7-16-11-17(24)13-18(12-16)29-3/h4-6,11-13,15H,7-10,14H2,1-3H3. The number of nitrogens with zero attached hydrogens (tertiary/aromatic N) is 2. The molecule has 2 aromatic carbocycles. The number of carbonyl (C=O) groups excluding carboxylic acids is 1. The number of ether oxygens (including phenoxy) is 2. The lowest BCUT2D eigenvalue weighted by atomic mass is 9.98. The molecule has 0 unspecified atom stereocenters. The Balaban J connectivity index is 1.82. The summed E-state index contributed by atoms with van der Waals surface area (Å²) in [6.45, 7) is 5.48. The lowest BCUT2D eigenvalue weighted by molar-refractivity contribution is 0.113. The molecular weight excluding hydrogens is 468 g/mol. The summed E-state index contributed by atoms with van der Waals surface area (Å²) in [5.41, 5.74) is 2.98. The van der Waals surface area contributed by atoms with Crippen LogP contribution in [0.3, 0.4) is 0 Å². The average Bonchev–Trinajstić information content (AvgIpc) is 3.20. The molecule has 7 heteroatoms. The Morgan fingerprint density at radius 2 is 2.07 bits per heavy atom. The largest absolute Gasteiger partial charge is 0.497 e. The molecule has 0 fully saturated rings. The van der Waals surface area contributed by atoms with Crippen molar-refractivity contribution in [3.8, 4) is 5.75 Å². The molecule has 1 heterocycles. The number of hydrogen-bond donors (Lipinski definition) is 0. The zero-order chi connectivity index (χ0) is 21.7. The molecule has 1 aliphatic heterocycles. The molecule has 1 amide bonds. The highest BCUT2D eigenvalue weighted by Crippen LogP contribution is 2.27. The van der Waals surface area contributed by atoms with Gasteiger partial charge in [0.05, 0.1) is 26.8 Å². The Labute approximate surface area is 191 Å². The number of aliphatic imine (C=N–C) groups is 1. The zero-order valence-corrected chi connectivity index (χ0v) is 19.8. The van der Waals surface area contributed by atoms with Crippen LogP contribution in [0.25, 0.3) is 0 Å². The summed E-state index contributed by atoms with van der Waals surface area (Å²) in [7, 11) is 1.66. The van der Waals surface area contributed by atoms with Gasteiger partial charge in [-0.05, 0) is 54.2 Å². The van der Waals surface area contributed by atoms with Crippen LogP contribution in [0, 0.1) is 5.92 Å². The molecule has 2 aromatic rings. The smallest absolute Gasteiger partial charge is 0.415 e. The number of aryl methyl sites for hydroxylation is 1. The molecule has 3 rings (SSSR count). The Morgan fingerprint density at radius 1 is 1.27 bits per heavy atom. The van der Waals surface area contributed by atoms with Crippen LogP contribution in [0.2, 0.25) is 5.02 Å². The number of hydrogen-bond acceptors (Lipinski definition) is 4. The van der Waals surface area contributed by atoms with Gasteiger partial charge < -0.3 is 9.47 Å². The Morgan fingerprint density at radius 3 is 2.80 bits per heavy atom. The number of halogens is 2. The van der Waals surface area contributed by atoms with Gasteiger partial charge in [0.1, 0.15) is 11.6 Å². The van der Waals surface area contributed by atoms with Gasteiger partial charge >= 0.3 is 6.09 Å². The molecule has 0 aliphatic carbocycles. The van der Waals surface area contributed by atoms with E-state index in [2.05, 4.69) is 27.0 Å². The van der Waals surface area contributed by atoms with E-state index >= 15 is 0 Å². The van der Waals surface area contributed by atoms with Crippen molar-refractivity contribution in [1.82, 2.24) is 4.90 Å². The fourth-order valence-electron chi connectivity index (χ4n) is 3.35. The minimum Gasteiger partial charge on any atom is -0.497 e. The van der Waals surface area contributed by atoms with Crippen molar-refractivity contribution in [3.63, 3.8) is 0 Å². The number of amidine groups is 1. The minimum atomic E-state index is -0.359. The first kappa shape index (κ1) is 22.6. The van der Waals surface area contributed by atoms with Crippen molar-refractivity contribution in [2.24, 2.45) is 10.9 Å². The lowest BCUT2D eigenvalue weighted by Gasteiger charge is -2.21. The number of benzene rings is 2. The van der Waals surface area contributed by atoms with E-state index in [4.69, 9.17) is 21.1 Å². The first-order valence-electron chi connectivity index (χ1n) is 9.99. The van der Waals surface area contributed by atoms with Crippen molar-refractivity contribution in [3.05, 3.63) is 62.6 Å². The number of amides is 1. The van der Waals surface area contributed by atoms with Gasteiger partial charge in [0.2, 0.25) is 0 Å². The molecular formula is C23H26BrClN2O3. The van der Waals surface area contributed by atoms with Crippen molar-refractivity contribution >= 4 is 39.5 Å². The summed E-state index contributed by atoms with van der Waals surface area (Å²) in [5, 5.41) is 0.666. The first-order chi connectivity index (χ1) is 14.4. The maximum atomic E-state index is 12.6. The summed E-state index contributed by atoms with van der Waals surface area (Å²) in [6, 6.07) is 11.8. The SMILES string of the molecule is COc1cc(Br)cc(CCc2c(Cl)cccc2C2=NCCN2C(=O)OCC(C)C)c1. The topological polar surface area (TPSA) is 51.1 Å².